The van der Waals surface area contributed by atoms with E-state index in [2.05, 4.69) is 16.8 Å². The molecule has 3 amide bonds. The summed E-state index contributed by atoms with van der Waals surface area (Å²) in [6, 6.07) is 9.92. The molecule has 2 atom stereocenters. The van der Waals surface area contributed by atoms with Crippen LogP contribution in [0.4, 0.5) is 9.59 Å². The molecule has 0 aliphatic carbocycles. The normalized spacial score (nSPS) is 17.0. The summed E-state index contributed by atoms with van der Waals surface area (Å²) < 4.78 is 45.7. The number of urea groups is 1. The van der Waals surface area contributed by atoms with Gasteiger partial charge in [-0.15, -0.1) is 0 Å². The van der Waals surface area contributed by atoms with Crippen molar-refractivity contribution in [2.75, 3.05) is 26.3 Å². The van der Waals surface area contributed by atoms with Crippen LogP contribution in [0.1, 0.15) is 35.2 Å². The molecule has 1 heterocycles. The van der Waals surface area contributed by atoms with E-state index < -0.39 is 44.1 Å². The van der Waals surface area contributed by atoms with Crippen LogP contribution in [0.2, 0.25) is 0 Å². The van der Waals surface area contributed by atoms with Gasteiger partial charge in [0.15, 0.2) is 6.10 Å². The second-order valence-corrected chi connectivity index (χ2v) is 7.46. The van der Waals surface area contributed by atoms with Crippen LogP contribution in [0.25, 0.3) is 0 Å². The lowest BCUT2D eigenvalue weighted by Gasteiger charge is -2.11. The Labute approximate surface area is 212 Å². The SMILES string of the molecule is C.NC(N)=O.[2H]C([2H])(Oc1cc(C)cc(C)c1)C(O)CO.[2H]C([2H])(Oc1cc(C)cc(C)c1)C1CNC(=O)O1. The van der Waals surface area contributed by atoms with E-state index in [0.717, 1.165) is 22.3 Å². The van der Waals surface area contributed by atoms with Gasteiger partial charge in [0, 0.05) is 0 Å². The lowest BCUT2D eigenvalue weighted by molar-refractivity contribution is 0.0536. The fourth-order valence-corrected chi connectivity index (χ4v) is 2.75. The number of nitrogens with one attached hydrogen (secondary N) is 1. The third-order valence-corrected chi connectivity index (χ3v) is 3.87. The topological polar surface area (TPSA) is 166 Å². The molecule has 2 unspecified atom stereocenters. The van der Waals surface area contributed by atoms with Crippen molar-refractivity contribution < 1.29 is 39.5 Å². The fourth-order valence-electron chi connectivity index (χ4n) is 2.75. The number of amides is 3. The largest absolute Gasteiger partial charge is 0.491 e. The van der Waals surface area contributed by atoms with Crippen LogP contribution in [-0.4, -0.2) is 60.8 Å². The molecule has 0 bridgehead atoms. The number of cyclic esters (lactones) is 1. The van der Waals surface area contributed by atoms with Gasteiger partial charge < -0.3 is 41.2 Å². The second kappa shape index (κ2) is 16.2. The molecule has 1 aliphatic rings. The highest BCUT2D eigenvalue weighted by Gasteiger charge is 2.22. The Hall–Kier alpha value is -3.50. The Bertz CT molecular complexity index is 1060. The van der Waals surface area contributed by atoms with Gasteiger partial charge in [0.25, 0.3) is 0 Å². The van der Waals surface area contributed by atoms with Crippen molar-refractivity contribution in [3.05, 3.63) is 58.7 Å². The van der Waals surface area contributed by atoms with E-state index in [1.165, 1.54) is 0 Å². The molecule has 196 valence electrons. The van der Waals surface area contributed by atoms with Crippen molar-refractivity contribution in [2.24, 2.45) is 11.5 Å². The maximum atomic E-state index is 10.9. The molecular formula is C25H39N3O7. The van der Waals surface area contributed by atoms with Crippen LogP contribution in [0, 0.1) is 27.7 Å². The fraction of sp³-hybridized carbons (Fsp3) is 0.440. The summed E-state index contributed by atoms with van der Waals surface area (Å²) in [6.45, 7) is 2.64. The monoisotopic (exact) mass is 497 g/mol. The Morgan fingerprint density at radius 1 is 1.06 bits per heavy atom. The first-order valence-corrected chi connectivity index (χ1v) is 10.3. The summed E-state index contributed by atoms with van der Waals surface area (Å²) >= 11 is 0. The maximum absolute atomic E-state index is 10.9. The molecule has 10 heteroatoms. The van der Waals surface area contributed by atoms with E-state index >= 15 is 0 Å². The number of nitrogens with two attached hydrogens (primary N) is 2. The van der Waals surface area contributed by atoms with Gasteiger partial charge in [0.2, 0.25) is 0 Å². The molecular weight excluding hydrogens is 454 g/mol. The zero-order valence-electron chi connectivity index (χ0n) is 23.6. The first-order valence-electron chi connectivity index (χ1n) is 12.3. The molecule has 10 nitrogen and oxygen atoms in total. The van der Waals surface area contributed by atoms with Crippen LogP contribution < -0.4 is 26.3 Å². The van der Waals surface area contributed by atoms with Gasteiger partial charge >= 0.3 is 12.1 Å². The van der Waals surface area contributed by atoms with Gasteiger partial charge in [-0.2, -0.15) is 0 Å². The highest BCUT2D eigenvalue weighted by atomic mass is 16.6. The highest BCUT2D eigenvalue weighted by Crippen LogP contribution is 2.17. The maximum Gasteiger partial charge on any atom is 0.407 e. The van der Waals surface area contributed by atoms with Crippen molar-refractivity contribution in [1.82, 2.24) is 5.32 Å². The molecule has 1 fully saturated rings. The van der Waals surface area contributed by atoms with Crippen LogP contribution in [0.3, 0.4) is 0 Å². The predicted octanol–water partition coefficient (Wildman–Crippen LogP) is 2.49. The quantitative estimate of drug-likeness (QED) is 0.392. The van der Waals surface area contributed by atoms with Gasteiger partial charge in [-0.1, -0.05) is 19.6 Å². The molecule has 3 rings (SSSR count). The number of carbonyl (C=O) groups is 2. The minimum absolute atomic E-state index is 0. The van der Waals surface area contributed by atoms with Gasteiger partial charge in [-0.3, -0.25) is 0 Å². The molecule has 0 spiro atoms. The number of primary amides is 2. The first-order chi connectivity index (χ1) is 17.4. The van der Waals surface area contributed by atoms with E-state index in [4.69, 9.17) is 29.6 Å². The molecule has 0 aromatic heterocycles. The third-order valence-electron chi connectivity index (χ3n) is 3.87. The summed E-state index contributed by atoms with van der Waals surface area (Å²) in [7, 11) is 0. The molecule has 2 aromatic rings. The van der Waals surface area contributed by atoms with E-state index in [-0.39, 0.29) is 14.0 Å². The number of carbonyl (C=O) groups excluding carboxylic acids is 2. The Morgan fingerprint density at radius 3 is 1.86 bits per heavy atom. The second-order valence-electron chi connectivity index (χ2n) is 7.46. The molecule has 1 aliphatic heterocycles. The van der Waals surface area contributed by atoms with Crippen LogP contribution in [0.5, 0.6) is 11.5 Å². The van der Waals surface area contributed by atoms with Gasteiger partial charge in [-0.05, 0) is 74.2 Å². The number of aryl methyl sites for hydroxylation is 4. The zero-order valence-corrected chi connectivity index (χ0v) is 19.6. The number of aliphatic hydroxyl groups excluding tert-OH is 2. The van der Waals surface area contributed by atoms with Crippen LogP contribution >= 0.6 is 0 Å². The predicted molar refractivity (Wildman–Crippen MR) is 135 cm³/mol. The van der Waals surface area contributed by atoms with E-state index in [9.17, 15) is 9.90 Å². The number of aliphatic hydroxyl groups is 2. The minimum Gasteiger partial charge on any atom is -0.491 e. The molecule has 35 heavy (non-hydrogen) atoms. The van der Waals surface area contributed by atoms with E-state index in [1.54, 1.807) is 24.3 Å². The average Bonchev–Trinajstić information content (AvgIpc) is 3.18. The standard InChI is InChI=1S/C12H15NO3.C11H16O3.CH4N2O.CH4/c1-8-3-9(2)5-10(4-8)15-7-11-6-13-12(14)16-11;1-8-3-9(2)5-11(4-8)14-7-10(13)6-12;2-1(3)4;/h3-5,11H,6-7H2,1-2H3,(H,13,14);3-5,10,12-13H,6-7H2,1-2H3;(H4,2,3,4);1H4/i2*7D2;;. The number of rotatable bonds is 7. The third kappa shape index (κ3) is 14.4. The van der Waals surface area contributed by atoms with Crippen LogP contribution in [-0.2, 0) is 4.74 Å². The molecule has 0 saturated carbocycles. The van der Waals surface area contributed by atoms with E-state index in [1.807, 2.05) is 39.8 Å². The Morgan fingerprint density at radius 2 is 1.49 bits per heavy atom. The summed E-state index contributed by atoms with van der Waals surface area (Å²) in [5.74, 6) is 0.774. The number of hydrogen-bond acceptors (Lipinski definition) is 7. The summed E-state index contributed by atoms with van der Waals surface area (Å²) in [4.78, 5) is 19.9. The lowest BCUT2D eigenvalue weighted by atomic mass is 10.1. The summed E-state index contributed by atoms with van der Waals surface area (Å²) in [5.41, 5.74) is 12.4. The highest BCUT2D eigenvalue weighted by molar-refractivity contribution is 5.69. The number of alkyl carbamates (subject to hydrolysis) is 1. The number of hydrogen-bond donors (Lipinski definition) is 5. The smallest absolute Gasteiger partial charge is 0.407 e. The van der Waals surface area contributed by atoms with Crippen molar-refractivity contribution in [2.45, 2.75) is 47.3 Å². The molecule has 7 N–H and O–H groups in total. The van der Waals surface area contributed by atoms with Crippen molar-refractivity contribution in [1.29, 1.82) is 0 Å². The van der Waals surface area contributed by atoms with Gasteiger partial charge in [-0.25, -0.2) is 9.59 Å². The molecule has 1 saturated heterocycles. The van der Waals surface area contributed by atoms with Crippen molar-refractivity contribution >= 4 is 12.1 Å². The van der Waals surface area contributed by atoms with Crippen molar-refractivity contribution in [3.8, 4) is 11.5 Å². The number of ether oxygens (including phenoxy) is 3. The first kappa shape index (κ1) is 24.6. The molecule has 2 aromatic carbocycles. The zero-order chi connectivity index (χ0) is 29.3. The van der Waals surface area contributed by atoms with Gasteiger partial charge in [0.05, 0.1) is 18.6 Å². The van der Waals surface area contributed by atoms with E-state index in [0.29, 0.717) is 11.5 Å². The average molecular weight is 498 g/mol. The van der Waals surface area contributed by atoms with Crippen molar-refractivity contribution in [3.63, 3.8) is 0 Å². The van der Waals surface area contributed by atoms with Gasteiger partial charge in [0.1, 0.15) is 30.7 Å². The Kier molecular flexibility index (Phi) is 11.4. The summed E-state index contributed by atoms with van der Waals surface area (Å²) in [6.07, 6.45) is -3.12. The lowest BCUT2D eigenvalue weighted by Crippen LogP contribution is -2.21. The summed E-state index contributed by atoms with van der Waals surface area (Å²) in [5, 5.41) is 20.3. The molecule has 0 radical (unpaired) electrons. The van der Waals surface area contributed by atoms with Crippen LogP contribution in [0.15, 0.2) is 36.4 Å². The Balaban J connectivity index is 0.000000641. The number of benzene rings is 2. The minimum atomic E-state index is -2.30.